The van der Waals surface area contributed by atoms with Crippen molar-refractivity contribution in [2.75, 3.05) is 20.8 Å². The lowest BCUT2D eigenvalue weighted by molar-refractivity contribution is 0.0325. The molecule has 2 heteroatoms. The van der Waals surface area contributed by atoms with Crippen molar-refractivity contribution in [1.29, 1.82) is 0 Å². The van der Waals surface area contributed by atoms with E-state index in [1.54, 1.807) is 7.11 Å². The minimum absolute atomic E-state index is 0.128. The number of likely N-dealkylation sites (N-methyl/N-ethyl adjacent to an activating group) is 1. The molecule has 0 N–H and O–H groups in total. The lowest BCUT2D eigenvalue weighted by Gasteiger charge is -2.45. The van der Waals surface area contributed by atoms with Crippen LogP contribution in [0.3, 0.4) is 0 Å². The van der Waals surface area contributed by atoms with Crippen LogP contribution in [-0.4, -0.2) is 31.2 Å². The van der Waals surface area contributed by atoms with Gasteiger partial charge in [-0.2, -0.15) is 0 Å². The molecule has 0 aliphatic rings. The maximum absolute atomic E-state index is 5.38. The van der Waals surface area contributed by atoms with Gasteiger partial charge in [-0.1, -0.05) is 31.7 Å². The van der Waals surface area contributed by atoms with Gasteiger partial charge in [-0.3, -0.25) is 0 Å². The lowest BCUT2D eigenvalue weighted by Crippen LogP contribution is -2.51. The average Bonchev–Trinajstić information content (AvgIpc) is 2.27. The first-order valence-electron chi connectivity index (χ1n) is 6.01. The zero-order valence-electron chi connectivity index (χ0n) is 12.2. The fourth-order valence-electron chi connectivity index (χ4n) is 1.97. The van der Waals surface area contributed by atoms with E-state index < -0.39 is 0 Å². The normalized spacial score (nSPS) is 16.6. The highest BCUT2D eigenvalue weighted by molar-refractivity contribution is 5.18. The van der Waals surface area contributed by atoms with Gasteiger partial charge in [0.1, 0.15) is 0 Å². The summed E-state index contributed by atoms with van der Waals surface area (Å²) in [5.41, 5.74) is 2.02. The van der Waals surface area contributed by atoms with Gasteiger partial charge in [0.05, 0.1) is 12.1 Å². The van der Waals surface area contributed by atoms with Crippen molar-refractivity contribution in [2.24, 2.45) is 5.92 Å². The van der Waals surface area contributed by atoms with E-state index in [1.165, 1.54) is 0 Å². The molecule has 0 spiro atoms. The smallest absolute Gasteiger partial charge is 0.0697 e. The van der Waals surface area contributed by atoms with E-state index in [0.29, 0.717) is 12.5 Å². The molecule has 2 nitrogen and oxygen atoms in total. The van der Waals surface area contributed by atoms with Gasteiger partial charge in [0, 0.05) is 25.8 Å². The first-order chi connectivity index (χ1) is 7.81. The summed E-state index contributed by atoms with van der Waals surface area (Å²) in [4.78, 5) is 2.18. The van der Waals surface area contributed by atoms with E-state index in [-0.39, 0.29) is 5.54 Å². The molecule has 0 amide bonds. The van der Waals surface area contributed by atoms with Crippen molar-refractivity contribution in [3.05, 3.63) is 36.6 Å². The number of hydrogen-bond acceptors (Lipinski definition) is 2. The maximum atomic E-state index is 5.38. The molecule has 0 heterocycles. The molecule has 0 rings (SSSR count). The van der Waals surface area contributed by atoms with Crippen molar-refractivity contribution >= 4 is 0 Å². The Morgan fingerprint density at radius 1 is 1.47 bits per heavy atom. The Bertz CT molecular complexity index is 306. The number of methoxy groups -OCH3 is 1. The van der Waals surface area contributed by atoms with E-state index in [1.807, 2.05) is 19.1 Å². The molecule has 0 aromatic heterocycles. The highest BCUT2D eigenvalue weighted by atomic mass is 16.5. The molecule has 0 aliphatic carbocycles. The molecular weight excluding hydrogens is 210 g/mol. The molecule has 98 valence electrons. The van der Waals surface area contributed by atoms with Gasteiger partial charge < -0.3 is 9.64 Å². The first kappa shape index (κ1) is 16.0. The van der Waals surface area contributed by atoms with Crippen LogP contribution < -0.4 is 0 Å². The van der Waals surface area contributed by atoms with Gasteiger partial charge in [0.2, 0.25) is 0 Å². The van der Waals surface area contributed by atoms with Crippen LogP contribution in [0.25, 0.3) is 0 Å². The van der Waals surface area contributed by atoms with Crippen LogP contribution in [0, 0.1) is 5.92 Å². The van der Waals surface area contributed by atoms with Crippen molar-refractivity contribution in [2.45, 2.75) is 33.2 Å². The molecule has 0 radical (unpaired) electrons. The third kappa shape index (κ3) is 3.74. The number of allylic oxidation sites excluding steroid dienone is 2. The van der Waals surface area contributed by atoms with Crippen LogP contribution in [0.1, 0.15) is 27.7 Å². The molecule has 0 aliphatic heterocycles. The zero-order valence-corrected chi connectivity index (χ0v) is 12.2. The molecule has 2 atom stereocenters. The van der Waals surface area contributed by atoms with Crippen LogP contribution in [0.15, 0.2) is 36.6 Å². The van der Waals surface area contributed by atoms with Crippen molar-refractivity contribution in [1.82, 2.24) is 4.90 Å². The predicted octanol–water partition coefficient (Wildman–Crippen LogP) is 3.63. The average molecular weight is 237 g/mol. The second-order valence-electron chi connectivity index (χ2n) is 4.91. The Morgan fingerprint density at radius 3 is 2.35 bits per heavy atom. The summed E-state index contributed by atoms with van der Waals surface area (Å²) in [6, 6.07) is 0. The Hall–Kier alpha value is -1.02. The first-order valence-corrected chi connectivity index (χ1v) is 6.01. The molecule has 0 aromatic rings. The SMILES string of the molecule is C=C(C)[C@@H](C)C(C)(COC)N(C)C(=C)/C=C\C. The van der Waals surface area contributed by atoms with E-state index in [2.05, 4.69) is 45.9 Å². The molecule has 1 unspecified atom stereocenters. The number of rotatable bonds is 7. The third-order valence-electron chi connectivity index (χ3n) is 3.66. The van der Waals surface area contributed by atoms with Crippen LogP contribution in [0.5, 0.6) is 0 Å². The van der Waals surface area contributed by atoms with Crippen molar-refractivity contribution in [3.63, 3.8) is 0 Å². The lowest BCUT2D eigenvalue weighted by atomic mass is 9.81. The van der Waals surface area contributed by atoms with Crippen molar-refractivity contribution < 1.29 is 4.74 Å². The molecule has 0 bridgehead atoms. The number of ether oxygens (including phenoxy) is 1. The minimum atomic E-state index is -0.128. The van der Waals surface area contributed by atoms with Gasteiger partial charge in [0.15, 0.2) is 0 Å². The van der Waals surface area contributed by atoms with E-state index in [0.717, 1.165) is 11.3 Å². The van der Waals surface area contributed by atoms with Crippen LogP contribution in [0.4, 0.5) is 0 Å². The van der Waals surface area contributed by atoms with E-state index in [9.17, 15) is 0 Å². The van der Waals surface area contributed by atoms with E-state index in [4.69, 9.17) is 4.74 Å². The summed E-state index contributed by atoms with van der Waals surface area (Å²) in [7, 11) is 3.79. The summed E-state index contributed by atoms with van der Waals surface area (Å²) in [5, 5.41) is 0. The zero-order chi connectivity index (χ0) is 13.6. The summed E-state index contributed by atoms with van der Waals surface area (Å²) in [5.74, 6) is 0.328. The van der Waals surface area contributed by atoms with Gasteiger partial charge in [-0.15, -0.1) is 0 Å². The predicted molar refractivity (Wildman–Crippen MR) is 76.0 cm³/mol. The van der Waals surface area contributed by atoms with E-state index >= 15 is 0 Å². The summed E-state index contributed by atoms with van der Waals surface area (Å²) < 4.78 is 5.38. The highest BCUT2D eigenvalue weighted by Crippen LogP contribution is 2.31. The van der Waals surface area contributed by atoms with Gasteiger partial charge in [-0.25, -0.2) is 0 Å². The third-order valence-corrected chi connectivity index (χ3v) is 3.66. The van der Waals surface area contributed by atoms with Crippen molar-refractivity contribution in [3.8, 4) is 0 Å². The standard InChI is InChI=1S/C15H27NO/c1-9-10-13(4)16(7)15(6,11-17-8)14(5)12(2)3/h9-10,14H,2,4,11H2,1,3,5-8H3/b10-9-/t14-,15?/m1/s1. The largest absolute Gasteiger partial charge is 0.382 e. The fraction of sp³-hybridized carbons (Fsp3) is 0.600. The summed E-state index contributed by atoms with van der Waals surface area (Å²) in [6.07, 6.45) is 4.01. The molecule has 0 saturated carbocycles. The van der Waals surface area contributed by atoms with Gasteiger partial charge >= 0.3 is 0 Å². The molecule has 17 heavy (non-hydrogen) atoms. The molecule has 0 saturated heterocycles. The molecular formula is C15H27NO. The summed E-state index contributed by atoms with van der Waals surface area (Å²) >= 11 is 0. The fourth-order valence-corrected chi connectivity index (χ4v) is 1.97. The topological polar surface area (TPSA) is 12.5 Å². The Balaban J connectivity index is 5.18. The Morgan fingerprint density at radius 2 is 2.00 bits per heavy atom. The monoisotopic (exact) mass is 237 g/mol. The maximum Gasteiger partial charge on any atom is 0.0697 e. The van der Waals surface area contributed by atoms with Crippen LogP contribution in [0.2, 0.25) is 0 Å². The second-order valence-corrected chi connectivity index (χ2v) is 4.91. The summed E-state index contributed by atoms with van der Waals surface area (Å²) in [6.45, 7) is 17.2. The molecule has 0 fully saturated rings. The highest BCUT2D eigenvalue weighted by Gasteiger charge is 2.36. The van der Waals surface area contributed by atoms with Gasteiger partial charge in [-0.05, 0) is 26.8 Å². The Labute approximate surface area is 107 Å². The molecule has 0 aromatic carbocycles. The quantitative estimate of drug-likeness (QED) is 0.495. The minimum Gasteiger partial charge on any atom is -0.382 e. The van der Waals surface area contributed by atoms with Crippen LogP contribution >= 0.6 is 0 Å². The van der Waals surface area contributed by atoms with Crippen LogP contribution in [-0.2, 0) is 4.74 Å². The Kier molecular flexibility index (Phi) is 6.25. The number of nitrogens with zero attached hydrogens (tertiary/aromatic N) is 1. The second kappa shape index (κ2) is 6.65. The number of hydrogen-bond donors (Lipinski definition) is 0. The van der Waals surface area contributed by atoms with Gasteiger partial charge in [0.25, 0.3) is 0 Å².